The fourth-order valence-electron chi connectivity index (χ4n) is 2.37. The molecule has 21 heavy (non-hydrogen) atoms. The summed E-state index contributed by atoms with van der Waals surface area (Å²) >= 11 is 1.60. The van der Waals surface area contributed by atoms with Crippen molar-refractivity contribution in [2.24, 2.45) is 5.92 Å². The molecule has 1 aromatic heterocycles. The molecule has 1 aliphatic heterocycles. The van der Waals surface area contributed by atoms with Crippen molar-refractivity contribution in [3.63, 3.8) is 0 Å². The number of carbonyl (C=O) groups excluding carboxylic acids is 1. The first kappa shape index (κ1) is 15.8. The van der Waals surface area contributed by atoms with Crippen LogP contribution < -0.4 is 5.32 Å². The van der Waals surface area contributed by atoms with E-state index in [2.05, 4.69) is 17.2 Å². The monoisotopic (exact) mass is 311 g/mol. The molecule has 2 N–H and O–H groups in total. The number of aryl methyl sites for hydroxylation is 1. The molecule has 0 saturated carbocycles. The highest BCUT2D eigenvalue weighted by Crippen LogP contribution is 2.20. The van der Waals surface area contributed by atoms with E-state index in [1.807, 2.05) is 12.3 Å². The largest absolute Gasteiger partial charge is 0.481 e. The van der Waals surface area contributed by atoms with Gasteiger partial charge in [0.15, 0.2) is 0 Å². The van der Waals surface area contributed by atoms with E-state index in [0.717, 1.165) is 17.1 Å². The lowest BCUT2D eigenvalue weighted by molar-refractivity contribution is -0.143. The number of nitrogens with zero attached hydrogens (tertiary/aromatic N) is 2. The number of piperidine rings is 1. The molecule has 1 aliphatic rings. The molecular formula is C14H21N3O3S. The highest BCUT2D eigenvalue weighted by molar-refractivity contribution is 7.09. The number of amides is 2. The van der Waals surface area contributed by atoms with Crippen molar-refractivity contribution in [2.75, 3.05) is 13.1 Å². The normalized spacial score (nSPS) is 17.5. The summed E-state index contributed by atoms with van der Waals surface area (Å²) in [6.07, 6.45) is 1.94. The number of nitrogens with one attached hydrogen (secondary N) is 1. The Kier molecular flexibility index (Phi) is 5.17. The number of hydrogen-bond donors (Lipinski definition) is 2. The molecule has 0 aromatic carbocycles. The SMILES string of the molecule is CCc1nc(C(C)NC(=O)N2CCC(C(=O)O)CC2)cs1. The molecule has 2 amide bonds. The van der Waals surface area contributed by atoms with Gasteiger partial charge in [-0.15, -0.1) is 11.3 Å². The van der Waals surface area contributed by atoms with E-state index < -0.39 is 5.97 Å². The highest BCUT2D eigenvalue weighted by Gasteiger charge is 2.27. The van der Waals surface area contributed by atoms with Gasteiger partial charge in [-0.25, -0.2) is 9.78 Å². The predicted molar refractivity (Wildman–Crippen MR) is 80.4 cm³/mol. The van der Waals surface area contributed by atoms with Gasteiger partial charge in [0.25, 0.3) is 0 Å². The maximum absolute atomic E-state index is 12.2. The summed E-state index contributed by atoms with van der Waals surface area (Å²) in [6, 6.07) is -0.274. The topological polar surface area (TPSA) is 82.5 Å². The summed E-state index contributed by atoms with van der Waals surface area (Å²) in [6.45, 7) is 4.95. The Hall–Kier alpha value is -1.63. The van der Waals surface area contributed by atoms with Crippen LogP contribution in [0, 0.1) is 5.92 Å². The number of carboxylic acid groups (broad SMARTS) is 1. The minimum absolute atomic E-state index is 0.133. The second-order valence-corrected chi connectivity index (χ2v) is 6.23. The Morgan fingerprint density at radius 2 is 2.19 bits per heavy atom. The molecule has 7 heteroatoms. The molecule has 2 rings (SSSR count). The van der Waals surface area contributed by atoms with Gasteiger partial charge in [-0.05, 0) is 26.2 Å². The number of carboxylic acids is 1. The van der Waals surface area contributed by atoms with E-state index >= 15 is 0 Å². The Balaban J connectivity index is 1.85. The van der Waals surface area contributed by atoms with Gasteiger partial charge in [0.2, 0.25) is 0 Å². The second-order valence-electron chi connectivity index (χ2n) is 5.29. The van der Waals surface area contributed by atoms with Crippen LogP contribution in [0.1, 0.15) is 43.4 Å². The summed E-state index contributed by atoms with van der Waals surface area (Å²) in [4.78, 5) is 29.2. The van der Waals surface area contributed by atoms with E-state index in [4.69, 9.17) is 5.11 Å². The zero-order chi connectivity index (χ0) is 15.4. The second kappa shape index (κ2) is 6.89. The van der Waals surface area contributed by atoms with Crippen molar-refractivity contribution in [3.8, 4) is 0 Å². The van der Waals surface area contributed by atoms with E-state index in [9.17, 15) is 9.59 Å². The van der Waals surface area contributed by atoms with Gasteiger partial charge in [-0.2, -0.15) is 0 Å². The molecule has 0 aliphatic carbocycles. The Bertz CT molecular complexity index is 509. The molecule has 1 saturated heterocycles. The zero-order valence-electron chi connectivity index (χ0n) is 12.3. The summed E-state index contributed by atoms with van der Waals surface area (Å²) in [7, 11) is 0. The van der Waals surface area contributed by atoms with Crippen LogP contribution in [-0.4, -0.2) is 40.1 Å². The number of thiazole rings is 1. The number of carbonyl (C=O) groups is 2. The summed E-state index contributed by atoms with van der Waals surface area (Å²) < 4.78 is 0. The van der Waals surface area contributed by atoms with Crippen LogP contribution >= 0.6 is 11.3 Å². The molecule has 1 atom stereocenters. The van der Waals surface area contributed by atoms with Crippen LogP contribution in [0.2, 0.25) is 0 Å². The van der Waals surface area contributed by atoms with Crippen LogP contribution in [0.5, 0.6) is 0 Å². The summed E-state index contributed by atoms with van der Waals surface area (Å²) in [5.41, 5.74) is 0.880. The molecule has 0 radical (unpaired) electrons. The number of aliphatic carboxylic acids is 1. The number of rotatable bonds is 4. The molecule has 1 aromatic rings. The lowest BCUT2D eigenvalue weighted by atomic mass is 9.97. The van der Waals surface area contributed by atoms with E-state index in [0.29, 0.717) is 25.9 Å². The van der Waals surface area contributed by atoms with Crippen molar-refractivity contribution in [3.05, 3.63) is 16.1 Å². The molecule has 0 spiro atoms. The standard InChI is InChI=1S/C14H21N3O3S/c1-3-12-16-11(8-21-12)9(2)15-14(20)17-6-4-10(5-7-17)13(18)19/h8-10H,3-7H2,1-2H3,(H,15,20)(H,18,19). The quantitative estimate of drug-likeness (QED) is 0.893. The maximum Gasteiger partial charge on any atom is 0.317 e. The fraction of sp³-hybridized carbons (Fsp3) is 0.643. The molecule has 0 bridgehead atoms. The van der Waals surface area contributed by atoms with Gasteiger partial charge in [-0.1, -0.05) is 6.92 Å². The number of aromatic nitrogens is 1. The third kappa shape index (κ3) is 3.93. The average Bonchev–Trinajstić information content (AvgIpc) is 2.96. The zero-order valence-corrected chi connectivity index (χ0v) is 13.2. The van der Waals surface area contributed by atoms with Crippen molar-refractivity contribution < 1.29 is 14.7 Å². The summed E-state index contributed by atoms with van der Waals surface area (Å²) in [5, 5.41) is 14.9. The minimum Gasteiger partial charge on any atom is -0.481 e. The predicted octanol–water partition coefficient (Wildman–Crippen LogP) is 2.27. The molecule has 1 fully saturated rings. The van der Waals surface area contributed by atoms with E-state index in [1.54, 1.807) is 16.2 Å². The first-order valence-electron chi connectivity index (χ1n) is 7.23. The number of urea groups is 1. The lowest BCUT2D eigenvalue weighted by Gasteiger charge is -2.31. The van der Waals surface area contributed by atoms with Crippen molar-refractivity contribution in [2.45, 2.75) is 39.2 Å². The molecule has 6 nitrogen and oxygen atoms in total. The van der Waals surface area contributed by atoms with Gasteiger partial charge in [0, 0.05) is 18.5 Å². The van der Waals surface area contributed by atoms with Gasteiger partial charge < -0.3 is 15.3 Å². The van der Waals surface area contributed by atoms with Gasteiger partial charge in [0.1, 0.15) is 0 Å². The number of hydrogen-bond acceptors (Lipinski definition) is 4. The molecule has 116 valence electrons. The summed E-state index contributed by atoms with van der Waals surface area (Å²) in [5.74, 6) is -1.09. The third-order valence-corrected chi connectivity index (χ3v) is 4.80. The van der Waals surface area contributed by atoms with Crippen molar-refractivity contribution >= 4 is 23.3 Å². The van der Waals surface area contributed by atoms with Crippen LogP contribution in [0.4, 0.5) is 4.79 Å². The van der Waals surface area contributed by atoms with Crippen molar-refractivity contribution in [1.29, 1.82) is 0 Å². The molecular weight excluding hydrogens is 290 g/mol. The van der Waals surface area contributed by atoms with E-state index in [-0.39, 0.29) is 18.0 Å². The highest BCUT2D eigenvalue weighted by atomic mass is 32.1. The van der Waals surface area contributed by atoms with Gasteiger partial charge >= 0.3 is 12.0 Å². The van der Waals surface area contributed by atoms with Crippen LogP contribution in [0.3, 0.4) is 0 Å². The first-order chi connectivity index (χ1) is 10.0. The van der Waals surface area contributed by atoms with Crippen LogP contribution in [0.15, 0.2) is 5.38 Å². The number of likely N-dealkylation sites (tertiary alicyclic amines) is 1. The maximum atomic E-state index is 12.2. The smallest absolute Gasteiger partial charge is 0.317 e. The van der Waals surface area contributed by atoms with Gasteiger partial charge in [-0.3, -0.25) is 4.79 Å². The Labute approximate surface area is 128 Å². The lowest BCUT2D eigenvalue weighted by Crippen LogP contribution is -2.46. The Morgan fingerprint density at radius 3 is 2.71 bits per heavy atom. The van der Waals surface area contributed by atoms with Crippen LogP contribution in [0.25, 0.3) is 0 Å². The molecule has 1 unspecified atom stereocenters. The van der Waals surface area contributed by atoms with Crippen molar-refractivity contribution in [1.82, 2.24) is 15.2 Å². The van der Waals surface area contributed by atoms with Gasteiger partial charge in [0.05, 0.1) is 22.7 Å². The van der Waals surface area contributed by atoms with E-state index in [1.165, 1.54) is 0 Å². The average molecular weight is 311 g/mol. The van der Waals surface area contributed by atoms with Crippen LogP contribution in [-0.2, 0) is 11.2 Å². The molecule has 2 heterocycles. The first-order valence-corrected chi connectivity index (χ1v) is 8.11. The Morgan fingerprint density at radius 1 is 1.52 bits per heavy atom. The fourth-order valence-corrected chi connectivity index (χ4v) is 3.20. The minimum atomic E-state index is -0.766. The third-order valence-electron chi connectivity index (χ3n) is 3.79.